The van der Waals surface area contributed by atoms with E-state index in [1.807, 2.05) is 43.7 Å². The molecule has 1 fully saturated rings. The minimum Gasteiger partial charge on any atom is -0.299 e. The average molecular weight is 414 g/mol. The summed E-state index contributed by atoms with van der Waals surface area (Å²) in [4.78, 5) is 12.7. The van der Waals surface area contributed by atoms with Crippen LogP contribution in [-0.4, -0.2) is 57.8 Å². The fourth-order valence-electron chi connectivity index (χ4n) is 3.76. The van der Waals surface area contributed by atoms with Crippen molar-refractivity contribution in [1.29, 1.82) is 0 Å². The van der Waals surface area contributed by atoms with Gasteiger partial charge in [0.25, 0.3) is 0 Å². The van der Waals surface area contributed by atoms with Crippen molar-refractivity contribution < 1.29 is 13.2 Å². The number of aromatic nitrogens is 4. The quantitative estimate of drug-likeness (QED) is 0.633. The van der Waals surface area contributed by atoms with Gasteiger partial charge in [-0.25, -0.2) is 12.7 Å². The molecule has 0 aliphatic carbocycles. The minimum absolute atomic E-state index is 0.0928. The standard InChI is InChI=1S/C20H23N5O3S/c1-24-13-17(12-21-24)15-3-4-19-16(9-15)10-18(22-23-19)11-20(26)14-5-7-25(8-6-14)29(2,27)28/h3-4,9-10,12-14H,5-8,11H2,1-2H3. The third kappa shape index (κ3) is 4.35. The molecule has 0 spiro atoms. The van der Waals surface area contributed by atoms with Gasteiger partial charge in [0.1, 0.15) is 5.78 Å². The lowest BCUT2D eigenvalue weighted by Gasteiger charge is -2.29. The van der Waals surface area contributed by atoms with Gasteiger partial charge in [-0.1, -0.05) is 6.07 Å². The van der Waals surface area contributed by atoms with Gasteiger partial charge in [-0.3, -0.25) is 9.48 Å². The molecular formula is C20H23N5O3S. The number of piperidine rings is 1. The molecule has 1 aromatic carbocycles. The third-order valence-corrected chi connectivity index (χ3v) is 6.71. The van der Waals surface area contributed by atoms with Crippen LogP contribution in [0.2, 0.25) is 0 Å². The van der Waals surface area contributed by atoms with Gasteiger partial charge < -0.3 is 0 Å². The second-order valence-corrected chi connectivity index (χ2v) is 9.57. The van der Waals surface area contributed by atoms with Crippen LogP contribution >= 0.6 is 0 Å². The van der Waals surface area contributed by atoms with Crippen molar-refractivity contribution in [3.8, 4) is 11.1 Å². The average Bonchev–Trinajstić information content (AvgIpc) is 3.13. The van der Waals surface area contributed by atoms with Crippen molar-refractivity contribution in [2.75, 3.05) is 19.3 Å². The van der Waals surface area contributed by atoms with Crippen LogP contribution in [0.1, 0.15) is 18.5 Å². The number of aryl methyl sites for hydroxylation is 1. The Kier molecular flexibility index (Phi) is 5.18. The van der Waals surface area contributed by atoms with Crippen LogP contribution in [0.25, 0.3) is 22.0 Å². The molecule has 1 saturated heterocycles. The molecule has 3 aromatic rings. The largest absolute Gasteiger partial charge is 0.299 e. The van der Waals surface area contributed by atoms with Crippen molar-refractivity contribution in [1.82, 2.24) is 24.3 Å². The Morgan fingerprint density at radius 3 is 2.55 bits per heavy atom. The summed E-state index contributed by atoms with van der Waals surface area (Å²) >= 11 is 0. The van der Waals surface area contributed by atoms with Gasteiger partial charge in [0.2, 0.25) is 10.0 Å². The number of hydrogen-bond acceptors (Lipinski definition) is 6. The number of sulfonamides is 1. The predicted molar refractivity (Wildman–Crippen MR) is 110 cm³/mol. The van der Waals surface area contributed by atoms with E-state index < -0.39 is 10.0 Å². The molecule has 8 nitrogen and oxygen atoms in total. The fourth-order valence-corrected chi connectivity index (χ4v) is 4.63. The molecule has 0 N–H and O–H groups in total. The Bertz CT molecular complexity index is 1160. The highest BCUT2D eigenvalue weighted by molar-refractivity contribution is 7.88. The summed E-state index contributed by atoms with van der Waals surface area (Å²) in [6.45, 7) is 0.792. The Morgan fingerprint density at radius 2 is 1.90 bits per heavy atom. The highest BCUT2D eigenvalue weighted by Gasteiger charge is 2.29. The molecule has 29 heavy (non-hydrogen) atoms. The molecule has 1 aliphatic rings. The van der Waals surface area contributed by atoms with Crippen molar-refractivity contribution in [2.24, 2.45) is 13.0 Å². The SMILES string of the molecule is Cn1cc(-c2ccc3nnc(CC(=O)C4CCN(S(C)(=O)=O)CC4)cc3c2)cn1. The first-order valence-electron chi connectivity index (χ1n) is 9.53. The predicted octanol–water partition coefficient (Wildman–Crippen LogP) is 1.81. The van der Waals surface area contributed by atoms with Gasteiger partial charge in [-0.2, -0.15) is 15.3 Å². The van der Waals surface area contributed by atoms with Crippen LogP contribution in [-0.2, 0) is 28.3 Å². The van der Waals surface area contributed by atoms with E-state index in [0.29, 0.717) is 31.6 Å². The zero-order chi connectivity index (χ0) is 20.6. The van der Waals surface area contributed by atoms with Gasteiger partial charge in [-0.15, -0.1) is 0 Å². The Hall–Kier alpha value is -2.65. The molecule has 4 rings (SSSR count). The summed E-state index contributed by atoms with van der Waals surface area (Å²) in [6, 6.07) is 7.83. The second kappa shape index (κ2) is 7.64. The monoisotopic (exact) mass is 413 g/mol. The van der Waals surface area contributed by atoms with E-state index in [4.69, 9.17) is 0 Å². The number of carbonyl (C=O) groups excluding carboxylic acids is 1. The maximum atomic E-state index is 12.7. The molecular weight excluding hydrogens is 390 g/mol. The van der Waals surface area contributed by atoms with Gasteiger partial charge in [0, 0.05) is 43.2 Å². The number of carbonyl (C=O) groups is 1. The normalized spacial score (nSPS) is 16.3. The van der Waals surface area contributed by atoms with Crippen LogP contribution in [0.15, 0.2) is 36.7 Å². The van der Waals surface area contributed by atoms with E-state index >= 15 is 0 Å². The topological polar surface area (TPSA) is 98.0 Å². The van der Waals surface area contributed by atoms with Crippen LogP contribution in [0, 0.1) is 5.92 Å². The van der Waals surface area contributed by atoms with E-state index in [2.05, 4.69) is 15.3 Å². The molecule has 2 aromatic heterocycles. The minimum atomic E-state index is -3.19. The Balaban J connectivity index is 1.48. The van der Waals surface area contributed by atoms with Crippen LogP contribution in [0.4, 0.5) is 0 Å². The summed E-state index contributed by atoms with van der Waals surface area (Å²) < 4.78 is 26.4. The first-order chi connectivity index (χ1) is 13.8. The molecule has 0 amide bonds. The summed E-state index contributed by atoms with van der Waals surface area (Å²) in [5, 5.41) is 13.6. The van der Waals surface area contributed by atoms with Gasteiger partial charge in [-0.05, 0) is 36.6 Å². The molecule has 0 bridgehead atoms. The highest BCUT2D eigenvalue weighted by Crippen LogP contribution is 2.25. The van der Waals surface area contributed by atoms with Crippen molar-refractivity contribution in [3.63, 3.8) is 0 Å². The molecule has 152 valence electrons. The van der Waals surface area contributed by atoms with E-state index in [-0.39, 0.29) is 18.1 Å². The summed E-state index contributed by atoms with van der Waals surface area (Å²) in [7, 11) is -1.31. The molecule has 3 heterocycles. The Morgan fingerprint density at radius 1 is 1.14 bits per heavy atom. The molecule has 0 atom stereocenters. The number of hydrogen-bond donors (Lipinski definition) is 0. The lowest BCUT2D eigenvalue weighted by molar-refractivity contribution is -0.123. The highest BCUT2D eigenvalue weighted by atomic mass is 32.2. The van der Waals surface area contributed by atoms with Crippen molar-refractivity contribution in [2.45, 2.75) is 19.3 Å². The summed E-state index contributed by atoms with van der Waals surface area (Å²) in [5.74, 6) is -0.0394. The van der Waals surface area contributed by atoms with Crippen LogP contribution in [0.3, 0.4) is 0 Å². The molecule has 0 unspecified atom stereocenters. The summed E-state index contributed by atoms with van der Waals surface area (Å²) in [5.41, 5.74) is 3.46. The molecule has 0 saturated carbocycles. The number of benzene rings is 1. The van der Waals surface area contributed by atoms with Gasteiger partial charge >= 0.3 is 0 Å². The zero-order valence-electron chi connectivity index (χ0n) is 16.4. The number of fused-ring (bicyclic) bond motifs is 1. The maximum absolute atomic E-state index is 12.7. The third-order valence-electron chi connectivity index (χ3n) is 5.41. The lowest BCUT2D eigenvalue weighted by Crippen LogP contribution is -2.39. The van der Waals surface area contributed by atoms with E-state index in [1.165, 1.54) is 10.6 Å². The molecule has 9 heteroatoms. The zero-order valence-corrected chi connectivity index (χ0v) is 17.3. The second-order valence-electron chi connectivity index (χ2n) is 7.59. The summed E-state index contributed by atoms with van der Waals surface area (Å²) in [6.07, 6.45) is 6.28. The van der Waals surface area contributed by atoms with E-state index in [0.717, 1.165) is 22.0 Å². The first-order valence-corrected chi connectivity index (χ1v) is 11.4. The molecule has 0 radical (unpaired) electrons. The van der Waals surface area contributed by atoms with Gasteiger partial charge in [0.15, 0.2) is 0 Å². The van der Waals surface area contributed by atoms with Gasteiger partial charge in [0.05, 0.1) is 30.1 Å². The first kappa shape index (κ1) is 19.7. The Labute approximate surface area is 169 Å². The number of nitrogens with zero attached hydrogens (tertiary/aromatic N) is 5. The van der Waals surface area contributed by atoms with Crippen LogP contribution in [0.5, 0.6) is 0 Å². The van der Waals surface area contributed by atoms with E-state index in [9.17, 15) is 13.2 Å². The maximum Gasteiger partial charge on any atom is 0.211 e. The van der Waals surface area contributed by atoms with Crippen LogP contribution < -0.4 is 0 Å². The lowest BCUT2D eigenvalue weighted by atomic mass is 9.91. The number of rotatable bonds is 5. The smallest absolute Gasteiger partial charge is 0.211 e. The number of ketones is 1. The van der Waals surface area contributed by atoms with Crippen molar-refractivity contribution >= 4 is 26.7 Å². The van der Waals surface area contributed by atoms with E-state index in [1.54, 1.807) is 4.68 Å². The molecule has 1 aliphatic heterocycles. The fraction of sp³-hybridized carbons (Fsp3) is 0.400. The number of Topliss-reactive ketones (excluding diaryl/α,β-unsaturated/α-hetero) is 1. The van der Waals surface area contributed by atoms with Crippen molar-refractivity contribution in [3.05, 3.63) is 42.4 Å².